The molecular formula is C9H18O2Si. The molecular weight excluding hydrogens is 168 g/mol. The quantitative estimate of drug-likeness (QED) is 0.383. The Morgan fingerprint density at radius 1 is 1.42 bits per heavy atom. The second-order valence-corrected chi connectivity index (χ2v) is 9.45. The van der Waals surface area contributed by atoms with Gasteiger partial charge in [0.25, 0.3) is 0 Å². The monoisotopic (exact) mass is 186 g/mol. The molecule has 0 aromatic heterocycles. The molecule has 3 heteroatoms. The number of hydrogen-bond acceptors (Lipinski definition) is 2. The van der Waals surface area contributed by atoms with Crippen LogP contribution in [-0.2, 0) is 9.53 Å². The van der Waals surface area contributed by atoms with Gasteiger partial charge in [0, 0.05) is 14.1 Å². The molecule has 0 saturated heterocycles. The second-order valence-electron chi connectivity index (χ2n) is 3.92. The molecule has 0 spiro atoms. The molecule has 0 radical (unpaired) electrons. The number of hydrogen-bond donors (Lipinski definition) is 0. The third-order valence-electron chi connectivity index (χ3n) is 1.27. The van der Waals surface area contributed by atoms with Crippen LogP contribution in [-0.4, -0.2) is 20.7 Å². The van der Waals surface area contributed by atoms with Crippen LogP contribution in [0.2, 0.25) is 25.7 Å². The van der Waals surface area contributed by atoms with Crippen LogP contribution in [0.25, 0.3) is 0 Å². The maximum absolute atomic E-state index is 10.8. The van der Waals surface area contributed by atoms with Crippen LogP contribution in [0.4, 0.5) is 0 Å². The third-order valence-corrected chi connectivity index (χ3v) is 2.73. The molecule has 0 rings (SSSR count). The van der Waals surface area contributed by atoms with Crippen LogP contribution in [0.3, 0.4) is 0 Å². The number of ether oxygens (including phenoxy) is 1. The normalized spacial score (nSPS) is 12.0. The van der Waals surface area contributed by atoms with Gasteiger partial charge >= 0.3 is 5.97 Å². The Kier molecular flexibility index (Phi) is 4.89. The van der Waals surface area contributed by atoms with Gasteiger partial charge in [0.1, 0.15) is 0 Å². The molecule has 0 N–H and O–H groups in total. The molecule has 70 valence electrons. The van der Waals surface area contributed by atoms with Crippen LogP contribution >= 0.6 is 0 Å². The van der Waals surface area contributed by atoms with E-state index >= 15 is 0 Å². The molecule has 0 aromatic rings. The van der Waals surface area contributed by atoms with Crippen molar-refractivity contribution < 1.29 is 9.53 Å². The molecule has 0 atom stereocenters. The third kappa shape index (κ3) is 7.53. The lowest BCUT2D eigenvalue weighted by atomic mass is 10.5. The Bertz CT molecular complexity index is 168. The van der Waals surface area contributed by atoms with Crippen molar-refractivity contribution in [3.63, 3.8) is 0 Å². The van der Waals surface area contributed by atoms with Gasteiger partial charge in [-0.1, -0.05) is 25.7 Å². The minimum atomic E-state index is -1.04. The summed E-state index contributed by atoms with van der Waals surface area (Å²) in [5, 5.41) is 0. The topological polar surface area (TPSA) is 26.3 Å². The summed E-state index contributed by atoms with van der Waals surface area (Å²) in [5.41, 5.74) is 0. The van der Waals surface area contributed by atoms with E-state index in [2.05, 4.69) is 19.6 Å². The van der Waals surface area contributed by atoms with Gasteiger partial charge in [0.2, 0.25) is 0 Å². The highest BCUT2D eigenvalue weighted by atomic mass is 28.3. The zero-order chi connectivity index (χ0) is 9.61. The maximum atomic E-state index is 10.8. The van der Waals surface area contributed by atoms with Crippen LogP contribution in [0.1, 0.15) is 6.92 Å². The van der Waals surface area contributed by atoms with E-state index in [0.29, 0.717) is 6.61 Å². The lowest BCUT2D eigenvalue weighted by Gasteiger charge is -2.11. The zero-order valence-electron chi connectivity index (χ0n) is 8.39. The van der Waals surface area contributed by atoms with Gasteiger partial charge in [-0.3, -0.25) is 0 Å². The number of carbonyl (C=O) groups excluding carboxylic acids is 1. The minimum Gasteiger partial charge on any atom is -0.463 e. The van der Waals surface area contributed by atoms with E-state index in [1.807, 2.05) is 13.0 Å². The van der Waals surface area contributed by atoms with Crippen LogP contribution in [0.15, 0.2) is 12.2 Å². The van der Waals surface area contributed by atoms with E-state index in [0.717, 1.165) is 6.04 Å². The van der Waals surface area contributed by atoms with Crippen LogP contribution in [0, 0.1) is 0 Å². The Morgan fingerprint density at radius 3 is 2.42 bits per heavy atom. The van der Waals surface area contributed by atoms with Crippen molar-refractivity contribution in [3.8, 4) is 0 Å². The van der Waals surface area contributed by atoms with Gasteiger partial charge in [-0.2, -0.15) is 0 Å². The summed E-state index contributed by atoms with van der Waals surface area (Å²) in [4.78, 5) is 10.8. The molecule has 2 nitrogen and oxygen atoms in total. The first-order valence-corrected chi connectivity index (χ1v) is 7.99. The van der Waals surface area contributed by atoms with Crippen molar-refractivity contribution in [2.24, 2.45) is 0 Å². The molecule has 0 unspecified atom stereocenters. The Labute approximate surface area is 75.6 Å². The molecule has 0 aliphatic rings. The van der Waals surface area contributed by atoms with Crippen molar-refractivity contribution in [1.82, 2.24) is 0 Å². The smallest absolute Gasteiger partial charge is 0.330 e. The SMILES string of the molecule is CCOC(=O)/C=C\C[Si](C)(C)C. The van der Waals surface area contributed by atoms with Gasteiger partial charge in [-0.05, 0) is 13.0 Å². The first-order valence-electron chi connectivity index (χ1n) is 4.29. The highest BCUT2D eigenvalue weighted by Gasteiger charge is 2.09. The van der Waals surface area contributed by atoms with Gasteiger partial charge in [-0.25, -0.2) is 4.79 Å². The summed E-state index contributed by atoms with van der Waals surface area (Å²) in [7, 11) is -1.04. The number of allylic oxidation sites excluding steroid dienone is 1. The first-order chi connectivity index (χ1) is 5.45. The predicted molar refractivity (Wildman–Crippen MR) is 53.9 cm³/mol. The minimum absolute atomic E-state index is 0.226. The highest BCUT2D eigenvalue weighted by molar-refractivity contribution is 6.76. The molecule has 0 aromatic carbocycles. The van der Waals surface area contributed by atoms with E-state index in [4.69, 9.17) is 4.74 Å². The molecule has 12 heavy (non-hydrogen) atoms. The Morgan fingerprint density at radius 2 is 2.00 bits per heavy atom. The van der Waals surface area contributed by atoms with Crippen molar-refractivity contribution in [1.29, 1.82) is 0 Å². The van der Waals surface area contributed by atoms with Gasteiger partial charge in [0.05, 0.1) is 6.61 Å². The summed E-state index contributed by atoms with van der Waals surface area (Å²) >= 11 is 0. The molecule has 0 fully saturated rings. The average molecular weight is 186 g/mol. The molecule has 0 aliphatic carbocycles. The van der Waals surface area contributed by atoms with Gasteiger partial charge in [-0.15, -0.1) is 0 Å². The number of esters is 1. The van der Waals surface area contributed by atoms with Crippen molar-refractivity contribution in [2.75, 3.05) is 6.61 Å². The predicted octanol–water partition coefficient (Wildman–Crippen LogP) is 2.44. The summed E-state index contributed by atoms with van der Waals surface area (Å²) in [6.45, 7) is 9.06. The highest BCUT2D eigenvalue weighted by Crippen LogP contribution is 2.08. The largest absolute Gasteiger partial charge is 0.463 e. The lowest BCUT2D eigenvalue weighted by molar-refractivity contribution is -0.137. The fourth-order valence-corrected chi connectivity index (χ4v) is 1.52. The van der Waals surface area contributed by atoms with Crippen molar-refractivity contribution in [2.45, 2.75) is 32.6 Å². The number of carbonyl (C=O) groups is 1. The average Bonchev–Trinajstić information content (AvgIpc) is 1.84. The standard InChI is InChI=1S/C9H18O2Si/c1-5-11-9(10)7-6-8-12(2,3)4/h6-7H,5,8H2,1-4H3/b7-6-. The molecule has 0 aliphatic heterocycles. The molecule has 0 amide bonds. The van der Waals surface area contributed by atoms with Crippen LogP contribution < -0.4 is 0 Å². The van der Waals surface area contributed by atoms with Gasteiger partial charge < -0.3 is 4.74 Å². The van der Waals surface area contributed by atoms with Crippen molar-refractivity contribution >= 4 is 14.0 Å². The summed E-state index contributed by atoms with van der Waals surface area (Å²) in [6.07, 6.45) is 3.45. The lowest BCUT2D eigenvalue weighted by Crippen LogP contribution is -2.17. The second kappa shape index (κ2) is 5.14. The van der Waals surface area contributed by atoms with E-state index in [1.54, 1.807) is 0 Å². The summed E-state index contributed by atoms with van der Waals surface area (Å²) < 4.78 is 4.75. The first kappa shape index (κ1) is 11.4. The number of rotatable bonds is 4. The van der Waals surface area contributed by atoms with E-state index < -0.39 is 8.07 Å². The fraction of sp³-hybridized carbons (Fsp3) is 0.667. The Hall–Kier alpha value is -0.573. The molecule has 0 heterocycles. The molecule has 0 saturated carbocycles. The van der Waals surface area contributed by atoms with Crippen molar-refractivity contribution in [3.05, 3.63) is 12.2 Å². The molecule has 0 bridgehead atoms. The van der Waals surface area contributed by atoms with E-state index in [-0.39, 0.29) is 5.97 Å². The zero-order valence-corrected chi connectivity index (χ0v) is 9.39. The summed E-state index contributed by atoms with van der Waals surface area (Å²) in [6, 6.07) is 1.03. The Balaban J connectivity index is 3.69. The van der Waals surface area contributed by atoms with Gasteiger partial charge in [0.15, 0.2) is 0 Å². The van der Waals surface area contributed by atoms with E-state index in [1.165, 1.54) is 6.08 Å². The van der Waals surface area contributed by atoms with E-state index in [9.17, 15) is 4.79 Å². The fourth-order valence-electron chi connectivity index (χ4n) is 0.699. The van der Waals surface area contributed by atoms with Crippen LogP contribution in [0.5, 0.6) is 0 Å². The summed E-state index contributed by atoms with van der Waals surface area (Å²) in [5.74, 6) is -0.226. The maximum Gasteiger partial charge on any atom is 0.330 e.